The van der Waals surface area contributed by atoms with Gasteiger partial charge in [0.2, 0.25) is 5.91 Å². The number of benzene rings is 1. The summed E-state index contributed by atoms with van der Waals surface area (Å²) in [6.07, 6.45) is 3.98. The summed E-state index contributed by atoms with van der Waals surface area (Å²) < 4.78 is 0. The maximum atomic E-state index is 12.2. The molecule has 0 saturated carbocycles. The second kappa shape index (κ2) is 7.05. The van der Waals surface area contributed by atoms with E-state index in [1.165, 1.54) is 17.5 Å². The zero-order valence-corrected chi connectivity index (χ0v) is 12.6. The van der Waals surface area contributed by atoms with Crippen LogP contribution in [-0.2, 0) is 11.2 Å². The lowest BCUT2D eigenvalue weighted by Crippen LogP contribution is -2.44. The van der Waals surface area contributed by atoms with E-state index in [-0.39, 0.29) is 11.9 Å². The van der Waals surface area contributed by atoms with Gasteiger partial charge in [-0.1, -0.05) is 24.3 Å². The minimum atomic E-state index is 0.190. The molecule has 1 atom stereocenters. The third kappa shape index (κ3) is 3.83. The third-order valence-electron chi connectivity index (χ3n) is 4.57. The van der Waals surface area contributed by atoms with E-state index in [4.69, 9.17) is 0 Å². The number of carbonyl (C=O) groups is 1. The van der Waals surface area contributed by atoms with Crippen molar-refractivity contribution < 1.29 is 4.79 Å². The number of piperazine rings is 1. The predicted octanol–water partition coefficient (Wildman–Crippen LogP) is 1.48. The van der Waals surface area contributed by atoms with Gasteiger partial charge >= 0.3 is 0 Å². The summed E-state index contributed by atoms with van der Waals surface area (Å²) >= 11 is 0. The van der Waals surface area contributed by atoms with E-state index in [0.29, 0.717) is 6.42 Å². The molecular weight excluding hydrogens is 262 g/mol. The normalized spacial score (nSPS) is 22.6. The van der Waals surface area contributed by atoms with E-state index < -0.39 is 0 Å². The lowest BCUT2D eigenvalue weighted by Gasteiger charge is -2.28. The quantitative estimate of drug-likeness (QED) is 0.881. The van der Waals surface area contributed by atoms with Gasteiger partial charge in [-0.2, -0.15) is 0 Å². The van der Waals surface area contributed by atoms with Crippen LogP contribution in [0.2, 0.25) is 0 Å². The molecule has 1 amide bonds. The van der Waals surface area contributed by atoms with Crippen LogP contribution in [0, 0.1) is 0 Å². The molecule has 1 unspecified atom stereocenters. The Kier molecular flexibility index (Phi) is 4.88. The van der Waals surface area contributed by atoms with Crippen LogP contribution in [-0.4, -0.2) is 43.5 Å². The van der Waals surface area contributed by atoms with E-state index in [1.54, 1.807) is 0 Å². The SMILES string of the molecule is O=C(CCN1CCNCC1)NC1CCCc2ccccc21. The van der Waals surface area contributed by atoms with E-state index in [9.17, 15) is 4.79 Å². The van der Waals surface area contributed by atoms with Gasteiger partial charge in [-0.05, 0) is 30.4 Å². The summed E-state index contributed by atoms with van der Waals surface area (Å²) in [5.41, 5.74) is 2.72. The van der Waals surface area contributed by atoms with E-state index in [1.807, 2.05) is 0 Å². The van der Waals surface area contributed by atoms with E-state index >= 15 is 0 Å². The summed E-state index contributed by atoms with van der Waals surface area (Å²) in [7, 11) is 0. The number of carbonyl (C=O) groups excluding carboxylic acids is 1. The molecule has 1 aliphatic carbocycles. The maximum Gasteiger partial charge on any atom is 0.221 e. The van der Waals surface area contributed by atoms with Crippen LogP contribution in [0.15, 0.2) is 24.3 Å². The number of hydrogen-bond acceptors (Lipinski definition) is 3. The largest absolute Gasteiger partial charge is 0.349 e. The van der Waals surface area contributed by atoms with Gasteiger partial charge in [0.25, 0.3) is 0 Å². The molecule has 2 N–H and O–H groups in total. The molecule has 4 heteroatoms. The van der Waals surface area contributed by atoms with Crippen LogP contribution < -0.4 is 10.6 Å². The van der Waals surface area contributed by atoms with Crippen LogP contribution in [0.3, 0.4) is 0 Å². The van der Waals surface area contributed by atoms with Gasteiger partial charge in [0, 0.05) is 39.1 Å². The Balaban J connectivity index is 1.51. The van der Waals surface area contributed by atoms with Crippen LogP contribution in [0.4, 0.5) is 0 Å². The zero-order chi connectivity index (χ0) is 14.5. The number of aryl methyl sites for hydroxylation is 1. The lowest BCUT2D eigenvalue weighted by molar-refractivity contribution is -0.122. The maximum absolute atomic E-state index is 12.2. The predicted molar refractivity (Wildman–Crippen MR) is 84.2 cm³/mol. The van der Waals surface area contributed by atoms with Crippen LogP contribution >= 0.6 is 0 Å². The highest BCUT2D eigenvalue weighted by molar-refractivity contribution is 5.76. The smallest absolute Gasteiger partial charge is 0.221 e. The molecule has 0 radical (unpaired) electrons. The number of hydrogen-bond donors (Lipinski definition) is 2. The molecule has 0 aromatic heterocycles. The summed E-state index contributed by atoms with van der Waals surface area (Å²) in [4.78, 5) is 14.6. The molecule has 1 heterocycles. The van der Waals surface area contributed by atoms with Crippen molar-refractivity contribution in [2.45, 2.75) is 31.7 Å². The highest BCUT2D eigenvalue weighted by Gasteiger charge is 2.21. The monoisotopic (exact) mass is 287 g/mol. The molecule has 0 spiro atoms. The van der Waals surface area contributed by atoms with Gasteiger partial charge in [-0.25, -0.2) is 0 Å². The van der Waals surface area contributed by atoms with Gasteiger partial charge < -0.3 is 15.5 Å². The highest BCUT2D eigenvalue weighted by Crippen LogP contribution is 2.29. The van der Waals surface area contributed by atoms with Crippen molar-refractivity contribution in [3.63, 3.8) is 0 Å². The van der Waals surface area contributed by atoms with Gasteiger partial charge in [0.15, 0.2) is 0 Å². The Labute approximate surface area is 126 Å². The van der Waals surface area contributed by atoms with E-state index in [0.717, 1.165) is 45.6 Å². The molecule has 1 aromatic carbocycles. The number of nitrogens with one attached hydrogen (secondary N) is 2. The van der Waals surface area contributed by atoms with Crippen molar-refractivity contribution in [2.24, 2.45) is 0 Å². The fourth-order valence-electron chi connectivity index (χ4n) is 3.36. The lowest BCUT2D eigenvalue weighted by atomic mass is 9.87. The number of fused-ring (bicyclic) bond motifs is 1. The first-order valence-electron chi connectivity index (χ1n) is 8.13. The first-order valence-corrected chi connectivity index (χ1v) is 8.13. The Hall–Kier alpha value is -1.39. The zero-order valence-electron chi connectivity index (χ0n) is 12.6. The third-order valence-corrected chi connectivity index (χ3v) is 4.57. The van der Waals surface area contributed by atoms with Gasteiger partial charge in [-0.15, -0.1) is 0 Å². The second-order valence-electron chi connectivity index (χ2n) is 6.05. The first-order chi connectivity index (χ1) is 10.3. The summed E-state index contributed by atoms with van der Waals surface area (Å²) in [5, 5.41) is 6.57. The van der Waals surface area contributed by atoms with Crippen molar-refractivity contribution in [3.8, 4) is 0 Å². The van der Waals surface area contributed by atoms with Gasteiger partial charge in [0.05, 0.1) is 6.04 Å². The molecular formula is C17H25N3O. The molecule has 2 aliphatic rings. The molecule has 1 fully saturated rings. The Morgan fingerprint density at radius 2 is 2.10 bits per heavy atom. The molecule has 1 saturated heterocycles. The summed E-state index contributed by atoms with van der Waals surface area (Å²) in [5.74, 6) is 0.190. The standard InChI is InChI=1S/C17H25N3O/c21-17(8-11-20-12-9-18-10-13-20)19-16-7-3-5-14-4-1-2-6-15(14)16/h1-2,4,6,16,18H,3,5,7-13H2,(H,19,21). The van der Waals surface area contributed by atoms with Gasteiger partial charge in [0.1, 0.15) is 0 Å². The van der Waals surface area contributed by atoms with Crippen LogP contribution in [0.5, 0.6) is 0 Å². The van der Waals surface area contributed by atoms with Crippen molar-refractivity contribution in [2.75, 3.05) is 32.7 Å². The van der Waals surface area contributed by atoms with Crippen molar-refractivity contribution in [3.05, 3.63) is 35.4 Å². The fraction of sp³-hybridized carbons (Fsp3) is 0.588. The molecule has 0 bridgehead atoms. The molecule has 3 rings (SSSR count). The Morgan fingerprint density at radius 3 is 2.95 bits per heavy atom. The van der Waals surface area contributed by atoms with Crippen molar-refractivity contribution in [1.82, 2.24) is 15.5 Å². The number of amides is 1. The second-order valence-corrected chi connectivity index (χ2v) is 6.05. The minimum absolute atomic E-state index is 0.190. The van der Waals surface area contributed by atoms with Crippen LogP contribution in [0.25, 0.3) is 0 Å². The average molecular weight is 287 g/mol. The summed E-state index contributed by atoms with van der Waals surface area (Å²) in [6.45, 7) is 5.07. The molecule has 21 heavy (non-hydrogen) atoms. The Morgan fingerprint density at radius 1 is 1.29 bits per heavy atom. The van der Waals surface area contributed by atoms with E-state index in [2.05, 4.69) is 39.8 Å². The van der Waals surface area contributed by atoms with Crippen molar-refractivity contribution in [1.29, 1.82) is 0 Å². The average Bonchev–Trinajstić information content (AvgIpc) is 2.54. The highest BCUT2D eigenvalue weighted by atomic mass is 16.1. The Bertz CT molecular complexity index is 483. The first kappa shape index (κ1) is 14.5. The molecule has 1 aliphatic heterocycles. The van der Waals surface area contributed by atoms with Crippen molar-refractivity contribution >= 4 is 5.91 Å². The van der Waals surface area contributed by atoms with Gasteiger partial charge in [-0.3, -0.25) is 4.79 Å². The topological polar surface area (TPSA) is 44.4 Å². The van der Waals surface area contributed by atoms with Crippen LogP contribution in [0.1, 0.15) is 36.4 Å². The fourth-order valence-corrected chi connectivity index (χ4v) is 3.36. The molecule has 4 nitrogen and oxygen atoms in total. The number of nitrogens with zero attached hydrogens (tertiary/aromatic N) is 1. The molecule has 114 valence electrons. The number of rotatable bonds is 4. The minimum Gasteiger partial charge on any atom is -0.349 e. The summed E-state index contributed by atoms with van der Waals surface area (Å²) in [6, 6.07) is 8.73. The molecule has 1 aromatic rings.